The van der Waals surface area contributed by atoms with E-state index < -0.39 is 0 Å². The van der Waals surface area contributed by atoms with Crippen molar-refractivity contribution in [2.75, 3.05) is 22.9 Å². The minimum absolute atomic E-state index is 0. The number of anilines is 4. The van der Waals surface area contributed by atoms with Gasteiger partial charge in [-0.2, -0.15) is 0 Å². The van der Waals surface area contributed by atoms with Gasteiger partial charge < -0.3 is 22.9 Å². The summed E-state index contributed by atoms with van der Waals surface area (Å²) in [6.07, 6.45) is 0. The van der Waals surface area contributed by atoms with Crippen LogP contribution in [0.3, 0.4) is 0 Å². The summed E-state index contributed by atoms with van der Waals surface area (Å²) in [5.41, 5.74) is 27.0. The average Bonchev–Trinajstić information content (AvgIpc) is 2.26. The maximum atomic E-state index is 5.74. The van der Waals surface area contributed by atoms with Gasteiger partial charge in [0.2, 0.25) is 0 Å². The average molecular weight is 295 g/mol. The van der Waals surface area contributed by atoms with Crippen molar-refractivity contribution in [3.63, 3.8) is 0 Å². The summed E-state index contributed by atoms with van der Waals surface area (Å²) in [6.45, 7) is 0. The molecule has 2 aromatic rings. The molecule has 0 heterocycles. The fraction of sp³-hybridized carbons (Fsp3) is 0. The van der Waals surface area contributed by atoms with Crippen LogP contribution in [-0.4, -0.2) is 17.1 Å². The standard InChI is InChI=1S/C12H14N4.H2Se/c13-9-3-1-7(5-11(9)15)8-2-4-10(14)12(16)6-8;/h1-6H,13-16H2;1H2. The molecule has 0 bridgehead atoms. The van der Waals surface area contributed by atoms with Crippen molar-refractivity contribution in [2.24, 2.45) is 0 Å². The Morgan fingerprint density at radius 2 is 0.882 bits per heavy atom. The van der Waals surface area contributed by atoms with E-state index in [9.17, 15) is 0 Å². The van der Waals surface area contributed by atoms with Crippen LogP contribution in [0.4, 0.5) is 22.7 Å². The second-order valence-corrected chi connectivity index (χ2v) is 3.69. The Balaban J connectivity index is 0.00000144. The van der Waals surface area contributed by atoms with Crippen molar-refractivity contribution >= 4 is 39.8 Å². The number of benzene rings is 2. The molecule has 17 heavy (non-hydrogen) atoms. The number of nitrogen functional groups attached to an aromatic ring is 4. The van der Waals surface area contributed by atoms with Gasteiger partial charge in [0.1, 0.15) is 0 Å². The van der Waals surface area contributed by atoms with Gasteiger partial charge in [-0.15, -0.1) is 0 Å². The molecule has 4 nitrogen and oxygen atoms in total. The van der Waals surface area contributed by atoms with Crippen LogP contribution in [0, 0.1) is 0 Å². The van der Waals surface area contributed by atoms with Crippen LogP contribution in [0.1, 0.15) is 0 Å². The van der Waals surface area contributed by atoms with Crippen LogP contribution in [0.2, 0.25) is 0 Å². The van der Waals surface area contributed by atoms with E-state index in [1.165, 1.54) is 0 Å². The molecule has 0 atom stereocenters. The van der Waals surface area contributed by atoms with Gasteiger partial charge in [-0.3, -0.25) is 0 Å². The molecule has 0 aromatic heterocycles. The summed E-state index contributed by atoms with van der Waals surface area (Å²) in [5, 5.41) is 0. The molecule has 0 spiro atoms. The fourth-order valence-electron chi connectivity index (χ4n) is 1.51. The quantitative estimate of drug-likeness (QED) is 0.460. The van der Waals surface area contributed by atoms with Crippen molar-refractivity contribution in [3.05, 3.63) is 36.4 Å². The molecule has 2 aromatic carbocycles. The van der Waals surface area contributed by atoms with Crippen LogP contribution in [0.5, 0.6) is 0 Å². The Labute approximate surface area is 110 Å². The third-order valence-corrected chi connectivity index (χ3v) is 2.51. The van der Waals surface area contributed by atoms with Gasteiger partial charge in [0, 0.05) is 0 Å². The molecule has 90 valence electrons. The molecule has 5 heteroatoms. The predicted molar refractivity (Wildman–Crippen MR) is 78.1 cm³/mol. The molecule has 0 saturated heterocycles. The summed E-state index contributed by atoms with van der Waals surface area (Å²) in [6, 6.07) is 11.0. The van der Waals surface area contributed by atoms with Crippen molar-refractivity contribution in [2.45, 2.75) is 0 Å². The second kappa shape index (κ2) is 4.99. The van der Waals surface area contributed by atoms with Gasteiger partial charge in [-0.25, -0.2) is 0 Å². The first-order valence-electron chi connectivity index (χ1n) is 4.88. The predicted octanol–water partition coefficient (Wildman–Crippen LogP) is 0.766. The number of nitrogens with two attached hydrogens (primary N) is 4. The zero-order valence-electron chi connectivity index (χ0n) is 9.27. The first-order chi connectivity index (χ1) is 7.58. The van der Waals surface area contributed by atoms with Gasteiger partial charge in [0.25, 0.3) is 0 Å². The van der Waals surface area contributed by atoms with Gasteiger partial charge in [0.05, 0.1) is 22.7 Å². The van der Waals surface area contributed by atoms with Crippen LogP contribution in [0.15, 0.2) is 36.4 Å². The third kappa shape index (κ3) is 2.64. The summed E-state index contributed by atoms with van der Waals surface area (Å²) >= 11 is 0. The molecule has 0 aliphatic rings. The van der Waals surface area contributed by atoms with E-state index in [1.807, 2.05) is 24.3 Å². The van der Waals surface area contributed by atoms with Gasteiger partial charge in [0.15, 0.2) is 0 Å². The van der Waals surface area contributed by atoms with Crippen molar-refractivity contribution in [1.29, 1.82) is 0 Å². The topological polar surface area (TPSA) is 104 Å². The zero-order chi connectivity index (χ0) is 11.7. The second-order valence-electron chi connectivity index (χ2n) is 3.69. The van der Waals surface area contributed by atoms with E-state index in [2.05, 4.69) is 0 Å². The van der Waals surface area contributed by atoms with Crippen LogP contribution in [0.25, 0.3) is 11.1 Å². The van der Waals surface area contributed by atoms with E-state index in [0.717, 1.165) is 11.1 Å². The molecule has 0 unspecified atom stereocenters. The molecule has 8 N–H and O–H groups in total. The van der Waals surface area contributed by atoms with Gasteiger partial charge >= 0.3 is 17.1 Å². The van der Waals surface area contributed by atoms with Gasteiger partial charge in [-0.1, -0.05) is 12.1 Å². The summed E-state index contributed by atoms with van der Waals surface area (Å²) in [7, 11) is 0. The SMILES string of the molecule is Nc1ccc(-c2ccc(N)c(N)c2)cc1N.[SeH2]. The Hall–Kier alpha value is -1.84. The molecule has 0 radical (unpaired) electrons. The van der Waals surface area contributed by atoms with E-state index in [1.54, 1.807) is 12.1 Å². The molecular weight excluding hydrogens is 279 g/mol. The zero-order valence-corrected chi connectivity index (χ0v) is 11.4. The molecular formula is C12H16N4Se. The monoisotopic (exact) mass is 296 g/mol. The Bertz CT molecular complexity index is 491. The Morgan fingerprint density at radius 1 is 0.529 bits per heavy atom. The van der Waals surface area contributed by atoms with E-state index >= 15 is 0 Å². The van der Waals surface area contributed by atoms with Crippen LogP contribution < -0.4 is 22.9 Å². The first kappa shape index (κ1) is 13.2. The molecule has 0 fully saturated rings. The van der Waals surface area contributed by atoms with E-state index in [4.69, 9.17) is 22.9 Å². The molecule has 0 amide bonds. The normalized spacial score (nSPS) is 9.65. The van der Waals surface area contributed by atoms with E-state index in [-0.39, 0.29) is 17.1 Å². The van der Waals surface area contributed by atoms with Crippen molar-refractivity contribution in [1.82, 2.24) is 0 Å². The van der Waals surface area contributed by atoms with Gasteiger partial charge in [-0.05, 0) is 35.4 Å². The fourth-order valence-corrected chi connectivity index (χ4v) is 1.51. The summed E-state index contributed by atoms with van der Waals surface area (Å²) < 4.78 is 0. The van der Waals surface area contributed by atoms with Crippen LogP contribution >= 0.6 is 0 Å². The number of rotatable bonds is 1. The van der Waals surface area contributed by atoms with E-state index in [0.29, 0.717) is 22.7 Å². The summed E-state index contributed by atoms with van der Waals surface area (Å²) in [4.78, 5) is 0. The molecule has 2 rings (SSSR count). The van der Waals surface area contributed by atoms with Crippen molar-refractivity contribution in [3.8, 4) is 11.1 Å². The minimum atomic E-state index is 0. The molecule has 0 aliphatic carbocycles. The van der Waals surface area contributed by atoms with Crippen LogP contribution in [-0.2, 0) is 0 Å². The third-order valence-electron chi connectivity index (χ3n) is 2.51. The first-order valence-corrected chi connectivity index (χ1v) is 4.88. The number of hydrogen-bond donors (Lipinski definition) is 4. The van der Waals surface area contributed by atoms with Crippen molar-refractivity contribution < 1.29 is 0 Å². The Morgan fingerprint density at radius 3 is 1.18 bits per heavy atom. The number of hydrogen-bond acceptors (Lipinski definition) is 4. The maximum absolute atomic E-state index is 5.74. The Kier molecular flexibility index (Phi) is 3.88. The summed E-state index contributed by atoms with van der Waals surface area (Å²) in [5.74, 6) is 0. The molecule has 0 saturated carbocycles. The molecule has 0 aliphatic heterocycles.